The van der Waals surface area contributed by atoms with Gasteiger partial charge in [-0.3, -0.25) is 9.69 Å². The molecule has 4 rings (SSSR count). The van der Waals surface area contributed by atoms with E-state index in [2.05, 4.69) is 4.90 Å². The minimum atomic E-state index is -0.628. The first kappa shape index (κ1) is 18.5. The third-order valence-electron chi connectivity index (χ3n) is 5.89. The summed E-state index contributed by atoms with van der Waals surface area (Å²) in [7, 11) is 0. The molecule has 0 unspecified atom stereocenters. The van der Waals surface area contributed by atoms with Crippen molar-refractivity contribution in [2.24, 2.45) is 5.73 Å². The molecule has 1 aromatic carbocycles. The van der Waals surface area contributed by atoms with Crippen molar-refractivity contribution in [3.8, 4) is 0 Å². The molecular weight excluding hydrogens is 352 g/mol. The molecule has 3 heterocycles. The number of carbonyl (C=O) groups excluding carboxylic acids is 1. The third-order valence-corrected chi connectivity index (χ3v) is 5.89. The SMILES string of the molecule is CCC(=O)N1CC2=C(C1)CN([C@H]1CO[C@H](c3cc(F)ccc3F)[C@@H](N)C1)C2. The molecular formula is C20H25F2N3O2. The predicted octanol–water partition coefficient (Wildman–Crippen LogP) is 1.99. The molecule has 0 radical (unpaired) electrons. The van der Waals surface area contributed by atoms with Crippen LogP contribution in [0.15, 0.2) is 29.3 Å². The minimum absolute atomic E-state index is 0.147. The van der Waals surface area contributed by atoms with Crippen molar-refractivity contribution in [1.82, 2.24) is 9.80 Å². The Kier molecular flexibility index (Phi) is 5.01. The van der Waals surface area contributed by atoms with Gasteiger partial charge < -0.3 is 15.4 Å². The lowest BCUT2D eigenvalue weighted by Gasteiger charge is -2.39. The smallest absolute Gasteiger partial charge is 0.222 e. The number of amides is 1. The zero-order valence-electron chi connectivity index (χ0n) is 15.5. The van der Waals surface area contributed by atoms with Gasteiger partial charge in [0.1, 0.15) is 17.7 Å². The minimum Gasteiger partial charge on any atom is -0.370 e. The van der Waals surface area contributed by atoms with Gasteiger partial charge in [0.15, 0.2) is 0 Å². The van der Waals surface area contributed by atoms with E-state index in [1.165, 1.54) is 17.2 Å². The van der Waals surface area contributed by atoms with Gasteiger partial charge in [0.25, 0.3) is 0 Å². The third kappa shape index (κ3) is 3.51. The van der Waals surface area contributed by atoms with E-state index in [1.807, 2.05) is 11.8 Å². The number of nitrogens with zero attached hydrogens (tertiary/aromatic N) is 2. The Morgan fingerprint density at radius 2 is 1.93 bits per heavy atom. The van der Waals surface area contributed by atoms with E-state index in [0.29, 0.717) is 19.4 Å². The molecule has 3 aliphatic rings. The number of rotatable bonds is 3. The summed E-state index contributed by atoms with van der Waals surface area (Å²) >= 11 is 0. The van der Waals surface area contributed by atoms with Crippen LogP contribution in [0.25, 0.3) is 0 Å². The zero-order chi connectivity index (χ0) is 19.1. The van der Waals surface area contributed by atoms with Crippen LogP contribution in [0.4, 0.5) is 8.78 Å². The lowest BCUT2D eigenvalue weighted by molar-refractivity contribution is -0.129. The molecule has 1 aromatic rings. The van der Waals surface area contributed by atoms with E-state index in [-0.39, 0.29) is 17.5 Å². The summed E-state index contributed by atoms with van der Waals surface area (Å²) in [4.78, 5) is 16.1. The Balaban J connectivity index is 1.36. The van der Waals surface area contributed by atoms with Crippen molar-refractivity contribution < 1.29 is 18.3 Å². The second-order valence-electron chi connectivity index (χ2n) is 7.69. The van der Waals surface area contributed by atoms with Crippen molar-refractivity contribution in [1.29, 1.82) is 0 Å². The molecule has 3 aliphatic heterocycles. The van der Waals surface area contributed by atoms with Crippen LogP contribution in [-0.4, -0.2) is 60.6 Å². The average Bonchev–Trinajstić information content (AvgIpc) is 3.22. The second-order valence-corrected chi connectivity index (χ2v) is 7.69. The molecule has 0 aliphatic carbocycles. The molecule has 0 bridgehead atoms. The van der Waals surface area contributed by atoms with Crippen molar-refractivity contribution in [2.45, 2.75) is 38.0 Å². The van der Waals surface area contributed by atoms with E-state index < -0.39 is 23.8 Å². The quantitative estimate of drug-likeness (QED) is 0.819. The zero-order valence-corrected chi connectivity index (χ0v) is 15.5. The molecule has 0 saturated carbocycles. The van der Waals surface area contributed by atoms with Gasteiger partial charge in [-0.15, -0.1) is 0 Å². The first-order valence-corrected chi connectivity index (χ1v) is 9.50. The van der Waals surface area contributed by atoms with Gasteiger partial charge in [0, 0.05) is 50.2 Å². The molecule has 7 heteroatoms. The maximum atomic E-state index is 14.1. The predicted molar refractivity (Wildman–Crippen MR) is 96.9 cm³/mol. The fraction of sp³-hybridized carbons (Fsp3) is 0.550. The molecule has 0 aromatic heterocycles. The molecule has 27 heavy (non-hydrogen) atoms. The molecule has 3 atom stereocenters. The fourth-order valence-electron chi connectivity index (χ4n) is 4.42. The van der Waals surface area contributed by atoms with Crippen LogP contribution in [0, 0.1) is 11.6 Å². The number of hydrogen-bond donors (Lipinski definition) is 1. The lowest BCUT2D eigenvalue weighted by atomic mass is 9.93. The number of carbonyl (C=O) groups is 1. The van der Waals surface area contributed by atoms with Gasteiger partial charge in [0.2, 0.25) is 5.91 Å². The maximum absolute atomic E-state index is 14.1. The van der Waals surface area contributed by atoms with Gasteiger partial charge in [-0.05, 0) is 35.8 Å². The summed E-state index contributed by atoms with van der Waals surface area (Å²) < 4.78 is 33.4. The van der Waals surface area contributed by atoms with Gasteiger partial charge in [-0.2, -0.15) is 0 Å². The summed E-state index contributed by atoms with van der Waals surface area (Å²) in [5, 5.41) is 0. The molecule has 0 spiro atoms. The van der Waals surface area contributed by atoms with Gasteiger partial charge in [-0.1, -0.05) is 6.92 Å². The highest BCUT2D eigenvalue weighted by Gasteiger charge is 2.39. The monoisotopic (exact) mass is 377 g/mol. The molecule has 2 N–H and O–H groups in total. The first-order valence-electron chi connectivity index (χ1n) is 9.50. The molecule has 146 valence electrons. The normalized spacial score (nSPS) is 28.7. The topological polar surface area (TPSA) is 58.8 Å². The first-order chi connectivity index (χ1) is 13.0. The van der Waals surface area contributed by atoms with Crippen LogP contribution < -0.4 is 5.73 Å². The van der Waals surface area contributed by atoms with Crippen LogP contribution in [0.5, 0.6) is 0 Å². The highest BCUT2D eigenvalue weighted by molar-refractivity contribution is 5.77. The second kappa shape index (κ2) is 7.30. The lowest BCUT2D eigenvalue weighted by Crippen LogP contribution is -2.49. The van der Waals surface area contributed by atoms with Crippen molar-refractivity contribution in [3.63, 3.8) is 0 Å². The molecule has 5 nitrogen and oxygen atoms in total. The van der Waals surface area contributed by atoms with E-state index in [9.17, 15) is 13.6 Å². The van der Waals surface area contributed by atoms with Crippen LogP contribution in [0.3, 0.4) is 0 Å². The highest BCUT2D eigenvalue weighted by atomic mass is 19.1. The van der Waals surface area contributed by atoms with E-state index in [0.717, 1.165) is 38.3 Å². The van der Waals surface area contributed by atoms with Gasteiger partial charge in [-0.25, -0.2) is 8.78 Å². The Labute approximate surface area is 157 Å². The van der Waals surface area contributed by atoms with Crippen LogP contribution in [-0.2, 0) is 9.53 Å². The Bertz CT molecular complexity index is 764. The van der Waals surface area contributed by atoms with Crippen LogP contribution >= 0.6 is 0 Å². The summed E-state index contributed by atoms with van der Waals surface area (Å²) in [6, 6.07) is 3.14. The standard InChI is InChI=1S/C20H25F2N3O2/c1-2-19(26)25-9-12-7-24(8-13(12)10-25)15-6-18(23)20(27-11-15)16-5-14(21)3-4-17(16)22/h3-5,15,18,20H,2,6-11,23H2,1H3/t15-,18+,20-/m1/s1. The number of benzene rings is 1. The number of ether oxygens (including phenoxy) is 1. The number of nitrogens with two attached hydrogens (primary N) is 1. The molecule has 1 fully saturated rings. The summed E-state index contributed by atoms with van der Waals surface area (Å²) in [5.74, 6) is -0.785. The van der Waals surface area contributed by atoms with Crippen molar-refractivity contribution in [2.75, 3.05) is 32.8 Å². The Hall–Kier alpha value is -1.83. The Morgan fingerprint density at radius 1 is 1.22 bits per heavy atom. The number of hydrogen-bond acceptors (Lipinski definition) is 4. The highest BCUT2D eigenvalue weighted by Crippen LogP contribution is 2.34. The van der Waals surface area contributed by atoms with Gasteiger partial charge in [0.05, 0.1) is 6.61 Å². The largest absolute Gasteiger partial charge is 0.370 e. The number of halogens is 2. The summed E-state index contributed by atoms with van der Waals surface area (Å²) in [5.41, 5.74) is 9.11. The van der Waals surface area contributed by atoms with E-state index in [4.69, 9.17) is 10.5 Å². The summed E-state index contributed by atoms with van der Waals surface area (Å²) in [6.45, 7) is 5.40. The van der Waals surface area contributed by atoms with Crippen LogP contribution in [0.1, 0.15) is 31.4 Å². The Morgan fingerprint density at radius 3 is 2.56 bits per heavy atom. The average molecular weight is 377 g/mol. The van der Waals surface area contributed by atoms with E-state index in [1.54, 1.807) is 0 Å². The van der Waals surface area contributed by atoms with Gasteiger partial charge >= 0.3 is 0 Å². The molecule has 1 amide bonds. The summed E-state index contributed by atoms with van der Waals surface area (Å²) in [6.07, 6.45) is 0.573. The molecule has 1 saturated heterocycles. The van der Waals surface area contributed by atoms with Crippen LogP contribution in [0.2, 0.25) is 0 Å². The van der Waals surface area contributed by atoms with Crippen molar-refractivity contribution >= 4 is 5.91 Å². The van der Waals surface area contributed by atoms with Crippen molar-refractivity contribution in [3.05, 3.63) is 46.5 Å². The van der Waals surface area contributed by atoms with E-state index >= 15 is 0 Å². The fourth-order valence-corrected chi connectivity index (χ4v) is 4.42. The maximum Gasteiger partial charge on any atom is 0.222 e.